The highest BCUT2D eigenvalue weighted by atomic mass is 32.2. The van der Waals surface area contributed by atoms with Gasteiger partial charge >= 0.3 is 0 Å². The number of hydrazine groups is 1. The zero-order chi connectivity index (χ0) is 14.4. The Morgan fingerprint density at radius 2 is 1.90 bits per heavy atom. The summed E-state index contributed by atoms with van der Waals surface area (Å²) in [5.41, 5.74) is 2.28. The second-order valence-electron chi connectivity index (χ2n) is 4.76. The molecule has 2 rings (SSSR count). The van der Waals surface area contributed by atoms with Crippen LogP contribution in [0.4, 0.5) is 0 Å². The lowest BCUT2D eigenvalue weighted by Gasteiger charge is -2.16. The standard InChI is InChI=1S/C13H19N3O3S/c17-13(12-9-5-2-6-10-14-12)15-16-20(18,19)11-7-3-1-4-8-11/h1,3-4,7-8,12,14,16H,2,5-6,9-10H2,(H,15,17)/t12-/m1/s1. The Balaban J connectivity index is 1.92. The van der Waals surface area contributed by atoms with E-state index in [0.29, 0.717) is 0 Å². The summed E-state index contributed by atoms with van der Waals surface area (Å²) in [7, 11) is -3.71. The van der Waals surface area contributed by atoms with E-state index < -0.39 is 10.0 Å². The van der Waals surface area contributed by atoms with E-state index in [0.717, 1.165) is 32.2 Å². The molecular weight excluding hydrogens is 278 g/mol. The molecule has 3 N–H and O–H groups in total. The summed E-state index contributed by atoms with van der Waals surface area (Å²) in [4.78, 5) is 14.2. The fraction of sp³-hybridized carbons (Fsp3) is 0.462. The summed E-state index contributed by atoms with van der Waals surface area (Å²) in [6.07, 6.45) is 3.82. The molecule has 0 unspecified atom stereocenters. The predicted octanol–water partition coefficient (Wildman–Crippen LogP) is 0.528. The number of carbonyl (C=O) groups is 1. The second-order valence-corrected chi connectivity index (χ2v) is 6.45. The van der Waals surface area contributed by atoms with Crippen LogP contribution in [0.25, 0.3) is 0 Å². The highest BCUT2D eigenvalue weighted by Crippen LogP contribution is 2.09. The van der Waals surface area contributed by atoms with Crippen molar-refractivity contribution in [2.24, 2.45) is 0 Å². The molecule has 1 fully saturated rings. The van der Waals surface area contributed by atoms with Gasteiger partial charge in [-0.3, -0.25) is 10.2 Å². The number of nitrogens with one attached hydrogen (secondary N) is 3. The third-order valence-electron chi connectivity index (χ3n) is 3.24. The van der Waals surface area contributed by atoms with Crippen molar-refractivity contribution in [3.63, 3.8) is 0 Å². The zero-order valence-corrected chi connectivity index (χ0v) is 11.9. The number of rotatable bonds is 4. The minimum atomic E-state index is -3.71. The van der Waals surface area contributed by atoms with E-state index in [9.17, 15) is 13.2 Å². The lowest BCUT2D eigenvalue weighted by molar-refractivity contribution is -0.123. The van der Waals surface area contributed by atoms with Gasteiger partial charge in [0.15, 0.2) is 0 Å². The summed E-state index contributed by atoms with van der Waals surface area (Å²) in [6, 6.07) is 7.59. The van der Waals surface area contributed by atoms with E-state index in [1.54, 1.807) is 18.2 Å². The van der Waals surface area contributed by atoms with Crippen LogP contribution in [0.1, 0.15) is 25.7 Å². The first-order valence-electron chi connectivity index (χ1n) is 6.70. The van der Waals surface area contributed by atoms with Gasteiger partial charge in [0, 0.05) is 0 Å². The number of sulfonamides is 1. The van der Waals surface area contributed by atoms with Crippen molar-refractivity contribution in [2.75, 3.05) is 6.54 Å². The minimum Gasteiger partial charge on any atom is -0.306 e. The molecule has 1 aliphatic heterocycles. The van der Waals surface area contributed by atoms with Crippen molar-refractivity contribution in [2.45, 2.75) is 36.6 Å². The third-order valence-corrected chi connectivity index (χ3v) is 4.50. The Kier molecular flexibility index (Phi) is 5.11. The average Bonchev–Trinajstić information content (AvgIpc) is 2.75. The average molecular weight is 297 g/mol. The van der Waals surface area contributed by atoms with Crippen molar-refractivity contribution < 1.29 is 13.2 Å². The fourth-order valence-corrected chi connectivity index (χ4v) is 2.98. The van der Waals surface area contributed by atoms with E-state index in [4.69, 9.17) is 0 Å². The molecule has 0 saturated carbocycles. The molecule has 0 bridgehead atoms. The van der Waals surface area contributed by atoms with Crippen LogP contribution in [0.2, 0.25) is 0 Å². The Morgan fingerprint density at radius 1 is 1.15 bits per heavy atom. The van der Waals surface area contributed by atoms with Gasteiger partial charge in [0.25, 0.3) is 15.9 Å². The Labute approximate surface area is 119 Å². The van der Waals surface area contributed by atoms with Crippen molar-refractivity contribution in [3.05, 3.63) is 30.3 Å². The van der Waals surface area contributed by atoms with Gasteiger partial charge in [0.1, 0.15) is 0 Å². The molecule has 0 aliphatic carbocycles. The maximum Gasteiger partial charge on any atom is 0.257 e. The fourth-order valence-electron chi connectivity index (χ4n) is 2.12. The molecule has 20 heavy (non-hydrogen) atoms. The summed E-state index contributed by atoms with van der Waals surface area (Å²) >= 11 is 0. The highest BCUT2D eigenvalue weighted by Gasteiger charge is 2.21. The molecule has 6 nitrogen and oxygen atoms in total. The molecule has 1 saturated heterocycles. The minimum absolute atomic E-state index is 0.120. The van der Waals surface area contributed by atoms with Gasteiger partial charge in [0.05, 0.1) is 10.9 Å². The molecule has 1 aromatic carbocycles. The lowest BCUT2D eigenvalue weighted by atomic mass is 10.1. The Hall–Kier alpha value is -1.44. The van der Waals surface area contributed by atoms with Crippen LogP contribution in [0.15, 0.2) is 35.2 Å². The van der Waals surface area contributed by atoms with Crippen LogP contribution in [0, 0.1) is 0 Å². The Morgan fingerprint density at radius 3 is 2.65 bits per heavy atom. The zero-order valence-electron chi connectivity index (χ0n) is 11.1. The molecule has 1 atom stereocenters. The van der Waals surface area contributed by atoms with Crippen molar-refractivity contribution in [1.82, 2.24) is 15.6 Å². The highest BCUT2D eigenvalue weighted by molar-refractivity contribution is 7.89. The second kappa shape index (κ2) is 6.83. The van der Waals surface area contributed by atoms with Gasteiger partial charge in [-0.25, -0.2) is 8.42 Å². The van der Waals surface area contributed by atoms with Gasteiger partial charge < -0.3 is 5.32 Å². The SMILES string of the molecule is O=C(NNS(=O)(=O)c1ccccc1)[C@H]1CCCCCN1. The van der Waals surface area contributed by atoms with Crippen LogP contribution in [0.5, 0.6) is 0 Å². The molecule has 0 aromatic heterocycles. The first-order chi connectivity index (χ1) is 9.59. The molecule has 0 spiro atoms. The van der Waals surface area contributed by atoms with E-state index in [1.807, 2.05) is 0 Å². The van der Waals surface area contributed by atoms with Crippen molar-refractivity contribution in [1.29, 1.82) is 0 Å². The molecular formula is C13H19N3O3S. The number of benzene rings is 1. The van der Waals surface area contributed by atoms with E-state index >= 15 is 0 Å². The van der Waals surface area contributed by atoms with Gasteiger partial charge in [0.2, 0.25) is 0 Å². The van der Waals surface area contributed by atoms with Gasteiger partial charge in [-0.1, -0.05) is 31.0 Å². The smallest absolute Gasteiger partial charge is 0.257 e. The van der Waals surface area contributed by atoms with Gasteiger partial charge in [-0.2, -0.15) is 0 Å². The Bertz CT molecular complexity index is 537. The van der Waals surface area contributed by atoms with Crippen LogP contribution in [0.3, 0.4) is 0 Å². The molecule has 110 valence electrons. The van der Waals surface area contributed by atoms with Crippen LogP contribution in [-0.4, -0.2) is 26.9 Å². The topological polar surface area (TPSA) is 87.3 Å². The quantitative estimate of drug-likeness (QED) is 0.707. The van der Waals surface area contributed by atoms with Gasteiger partial charge in [-0.05, 0) is 31.5 Å². The molecule has 7 heteroatoms. The largest absolute Gasteiger partial charge is 0.306 e. The predicted molar refractivity (Wildman–Crippen MR) is 75.2 cm³/mol. The monoisotopic (exact) mass is 297 g/mol. The molecule has 0 radical (unpaired) electrons. The van der Waals surface area contributed by atoms with E-state index in [-0.39, 0.29) is 16.8 Å². The first kappa shape index (κ1) is 15.0. The number of amides is 1. The van der Waals surface area contributed by atoms with E-state index in [1.165, 1.54) is 12.1 Å². The summed E-state index contributed by atoms with van der Waals surface area (Å²) < 4.78 is 23.9. The maximum atomic E-state index is 11.9. The first-order valence-corrected chi connectivity index (χ1v) is 8.18. The summed E-state index contributed by atoms with van der Waals surface area (Å²) in [5.74, 6) is -0.341. The maximum absolute atomic E-state index is 11.9. The van der Waals surface area contributed by atoms with Crippen molar-refractivity contribution >= 4 is 15.9 Å². The molecule has 1 aliphatic rings. The third kappa shape index (κ3) is 4.03. The number of carbonyl (C=O) groups excluding carboxylic acids is 1. The molecule has 1 heterocycles. The van der Waals surface area contributed by atoms with E-state index in [2.05, 4.69) is 15.6 Å². The lowest BCUT2D eigenvalue weighted by Crippen LogP contribution is -2.50. The number of hydrogen-bond donors (Lipinski definition) is 3. The van der Waals surface area contributed by atoms with Crippen LogP contribution < -0.4 is 15.6 Å². The number of hydrogen-bond acceptors (Lipinski definition) is 4. The summed E-state index contributed by atoms with van der Waals surface area (Å²) in [6.45, 7) is 0.781. The molecule has 1 amide bonds. The van der Waals surface area contributed by atoms with Gasteiger partial charge in [-0.15, -0.1) is 4.83 Å². The normalized spacial score (nSPS) is 20.1. The van der Waals surface area contributed by atoms with Crippen LogP contribution >= 0.6 is 0 Å². The molecule has 1 aromatic rings. The summed E-state index contributed by atoms with van der Waals surface area (Å²) in [5, 5.41) is 3.11. The van der Waals surface area contributed by atoms with Crippen LogP contribution in [-0.2, 0) is 14.8 Å². The van der Waals surface area contributed by atoms with Crippen molar-refractivity contribution in [3.8, 4) is 0 Å².